The van der Waals surface area contributed by atoms with Gasteiger partial charge in [-0.2, -0.15) is 0 Å². The van der Waals surface area contributed by atoms with Gasteiger partial charge in [0.2, 0.25) is 11.8 Å². The van der Waals surface area contributed by atoms with Gasteiger partial charge >= 0.3 is 0 Å². The average molecular weight is 194 g/mol. The van der Waals surface area contributed by atoms with E-state index < -0.39 is 6.04 Å². The lowest BCUT2D eigenvalue weighted by atomic mass is 10.2. The van der Waals surface area contributed by atoms with Gasteiger partial charge in [-0.3, -0.25) is 9.59 Å². The number of terminal acetylenes is 1. The Balaban J connectivity index is 2.43. The Kier molecular flexibility index (Phi) is 3.52. The summed E-state index contributed by atoms with van der Waals surface area (Å²) in [5.41, 5.74) is 0. The van der Waals surface area contributed by atoms with Crippen LogP contribution in [0.2, 0.25) is 0 Å². The van der Waals surface area contributed by atoms with Crippen molar-refractivity contribution in [2.75, 3.05) is 0 Å². The van der Waals surface area contributed by atoms with Crippen molar-refractivity contribution in [3.63, 3.8) is 0 Å². The molecule has 2 atom stereocenters. The number of carbonyl (C=O) groups is 2. The second-order valence-electron chi connectivity index (χ2n) is 3.29. The van der Waals surface area contributed by atoms with Gasteiger partial charge in [0.15, 0.2) is 0 Å². The highest BCUT2D eigenvalue weighted by atomic mass is 16.2. The molecule has 1 heterocycles. The maximum Gasteiger partial charge on any atom is 0.243 e. The van der Waals surface area contributed by atoms with Crippen molar-refractivity contribution in [3.8, 4) is 12.3 Å². The molecule has 14 heavy (non-hydrogen) atoms. The molecule has 0 aliphatic carbocycles. The molecular weight excluding hydrogens is 180 g/mol. The van der Waals surface area contributed by atoms with Crippen LogP contribution in [-0.2, 0) is 9.59 Å². The van der Waals surface area contributed by atoms with Gasteiger partial charge in [0, 0.05) is 6.42 Å². The predicted molar refractivity (Wildman–Crippen MR) is 52.2 cm³/mol. The number of hydrogen-bond acceptors (Lipinski definition) is 2. The Hall–Kier alpha value is -1.50. The zero-order valence-electron chi connectivity index (χ0n) is 8.17. The Morgan fingerprint density at radius 1 is 1.86 bits per heavy atom. The Bertz CT molecular complexity index is 280. The lowest BCUT2D eigenvalue weighted by Gasteiger charge is -2.14. The standard InChI is InChI=1S/C10H14N2O2/c1-3-7(4-2)11-10(14)8-5-6-9(13)12-8/h1,7-8H,4-6H2,2H3,(H,11,14)(H,12,13). The van der Waals surface area contributed by atoms with Crippen LogP contribution in [0.25, 0.3) is 0 Å². The molecule has 2 N–H and O–H groups in total. The molecule has 1 fully saturated rings. The SMILES string of the molecule is C#CC(CC)NC(=O)C1CCC(=O)N1. The molecule has 0 aromatic carbocycles. The zero-order chi connectivity index (χ0) is 10.6. The Morgan fingerprint density at radius 3 is 3.00 bits per heavy atom. The van der Waals surface area contributed by atoms with Crippen LogP contribution in [-0.4, -0.2) is 23.9 Å². The molecule has 0 spiro atoms. The zero-order valence-corrected chi connectivity index (χ0v) is 8.17. The lowest BCUT2D eigenvalue weighted by Crippen LogP contribution is -2.45. The first-order chi connectivity index (χ1) is 6.67. The molecular formula is C10H14N2O2. The maximum absolute atomic E-state index is 11.5. The van der Waals surface area contributed by atoms with E-state index in [0.717, 1.165) is 0 Å². The lowest BCUT2D eigenvalue weighted by molar-refractivity contribution is -0.126. The second-order valence-corrected chi connectivity index (χ2v) is 3.29. The third kappa shape index (κ3) is 2.49. The van der Waals surface area contributed by atoms with Gasteiger partial charge in [0.25, 0.3) is 0 Å². The summed E-state index contributed by atoms with van der Waals surface area (Å²) in [5.74, 6) is 2.22. The van der Waals surface area contributed by atoms with Gasteiger partial charge in [-0.05, 0) is 12.8 Å². The fourth-order valence-electron chi connectivity index (χ4n) is 1.34. The highest BCUT2D eigenvalue weighted by molar-refractivity contribution is 5.91. The van der Waals surface area contributed by atoms with E-state index in [2.05, 4.69) is 16.6 Å². The van der Waals surface area contributed by atoms with E-state index >= 15 is 0 Å². The molecule has 0 saturated carbocycles. The van der Waals surface area contributed by atoms with Crippen molar-refractivity contribution >= 4 is 11.8 Å². The molecule has 0 radical (unpaired) electrons. The van der Waals surface area contributed by atoms with Gasteiger partial charge in [-0.25, -0.2) is 0 Å². The van der Waals surface area contributed by atoms with Crippen molar-refractivity contribution in [3.05, 3.63) is 0 Å². The second kappa shape index (κ2) is 4.66. The van der Waals surface area contributed by atoms with Crippen LogP contribution in [0.3, 0.4) is 0 Å². The van der Waals surface area contributed by atoms with Crippen molar-refractivity contribution in [2.24, 2.45) is 0 Å². The first kappa shape index (κ1) is 10.6. The predicted octanol–water partition coefficient (Wildman–Crippen LogP) is -0.207. The average Bonchev–Trinajstić information content (AvgIpc) is 2.61. The first-order valence-electron chi connectivity index (χ1n) is 4.73. The quantitative estimate of drug-likeness (QED) is 0.611. The van der Waals surface area contributed by atoms with E-state index in [0.29, 0.717) is 19.3 Å². The summed E-state index contributed by atoms with van der Waals surface area (Å²) in [6.07, 6.45) is 6.89. The third-order valence-electron chi connectivity index (χ3n) is 2.24. The summed E-state index contributed by atoms with van der Waals surface area (Å²) in [4.78, 5) is 22.3. The first-order valence-corrected chi connectivity index (χ1v) is 4.73. The Labute approximate surface area is 83.4 Å². The molecule has 2 amide bonds. The molecule has 1 aliphatic rings. The van der Waals surface area contributed by atoms with E-state index in [4.69, 9.17) is 6.42 Å². The van der Waals surface area contributed by atoms with Crippen molar-refractivity contribution < 1.29 is 9.59 Å². The minimum atomic E-state index is -0.398. The smallest absolute Gasteiger partial charge is 0.243 e. The Morgan fingerprint density at radius 2 is 2.57 bits per heavy atom. The number of nitrogens with one attached hydrogen (secondary N) is 2. The topological polar surface area (TPSA) is 58.2 Å². The summed E-state index contributed by atoms with van der Waals surface area (Å²) in [7, 11) is 0. The van der Waals surface area contributed by atoms with Crippen molar-refractivity contribution in [1.29, 1.82) is 0 Å². The fourth-order valence-corrected chi connectivity index (χ4v) is 1.34. The summed E-state index contributed by atoms with van der Waals surface area (Å²) < 4.78 is 0. The van der Waals surface area contributed by atoms with E-state index in [1.54, 1.807) is 0 Å². The molecule has 0 aromatic rings. The van der Waals surface area contributed by atoms with E-state index in [1.807, 2.05) is 6.92 Å². The largest absolute Gasteiger partial charge is 0.344 e. The number of amides is 2. The molecule has 0 aromatic heterocycles. The molecule has 1 saturated heterocycles. The molecule has 0 bridgehead atoms. The summed E-state index contributed by atoms with van der Waals surface area (Å²) in [5, 5.41) is 5.28. The van der Waals surface area contributed by atoms with Gasteiger partial charge in [-0.1, -0.05) is 12.8 Å². The summed E-state index contributed by atoms with van der Waals surface area (Å²) in [6.45, 7) is 1.90. The molecule has 4 heteroatoms. The molecule has 1 rings (SSSR count). The van der Waals surface area contributed by atoms with Gasteiger partial charge < -0.3 is 10.6 Å². The van der Waals surface area contributed by atoms with Gasteiger partial charge in [0.05, 0.1) is 6.04 Å². The van der Waals surface area contributed by atoms with Crippen molar-refractivity contribution in [1.82, 2.24) is 10.6 Å². The number of rotatable bonds is 3. The van der Waals surface area contributed by atoms with Crippen molar-refractivity contribution in [2.45, 2.75) is 38.3 Å². The van der Waals surface area contributed by atoms with Crippen LogP contribution < -0.4 is 10.6 Å². The van der Waals surface area contributed by atoms with Gasteiger partial charge in [0.1, 0.15) is 6.04 Å². The third-order valence-corrected chi connectivity index (χ3v) is 2.24. The molecule has 2 unspecified atom stereocenters. The molecule has 1 aliphatic heterocycles. The number of hydrogen-bond donors (Lipinski definition) is 2. The van der Waals surface area contributed by atoms with Crippen LogP contribution in [0, 0.1) is 12.3 Å². The van der Waals surface area contributed by atoms with E-state index in [-0.39, 0.29) is 17.9 Å². The van der Waals surface area contributed by atoms with Crippen LogP contribution >= 0.6 is 0 Å². The minimum Gasteiger partial charge on any atom is -0.344 e. The van der Waals surface area contributed by atoms with Gasteiger partial charge in [-0.15, -0.1) is 6.42 Å². The minimum absolute atomic E-state index is 0.0705. The van der Waals surface area contributed by atoms with E-state index in [9.17, 15) is 9.59 Å². The monoisotopic (exact) mass is 194 g/mol. The highest BCUT2D eigenvalue weighted by Gasteiger charge is 2.27. The normalized spacial score (nSPS) is 22.3. The molecule has 76 valence electrons. The van der Waals surface area contributed by atoms with E-state index in [1.165, 1.54) is 0 Å². The van der Waals surface area contributed by atoms with Crippen LogP contribution in [0.1, 0.15) is 26.2 Å². The fraction of sp³-hybridized carbons (Fsp3) is 0.600. The summed E-state index contributed by atoms with van der Waals surface area (Å²) >= 11 is 0. The molecule has 4 nitrogen and oxygen atoms in total. The van der Waals surface area contributed by atoms with Crippen LogP contribution in [0.4, 0.5) is 0 Å². The number of carbonyl (C=O) groups excluding carboxylic acids is 2. The summed E-state index contributed by atoms with van der Waals surface area (Å²) in [6, 6.07) is -0.634. The maximum atomic E-state index is 11.5. The highest BCUT2D eigenvalue weighted by Crippen LogP contribution is 2.06. The van der Waals surface area contributed by atoms with Crippen LogP contribution in [0.5, 0.6) is 0 Å². The van der Waals surface area contributed by atoms with Crippen LogP contribution in [0.15, 0.2) is 0 Å².